The minimum atomic E-state index is -0.253. The number of hydrogen-bond acceptors (Lipinski definition) is 6. The predicted octanol–water partition coefficient (Wildman–Crippen LogP) is 5.31. The topological polar surface area (TPSA) is 94.1 Å². The Labute approximate surface area is 214 Å². The molecule has 1 saturated heterocycles. The van der Waals surface area contributed by atoms with Crippen molar-refractivity contribution < 1.29 is 9.90 Å². The van der Waals surface area contributed by atoms with Crippen molar-refractivity contribution in [1.82, 2.24) is 19.9 Å². The van der Waals surface area contributed by atoms with Crippen LogP contribution in [-0.4, -0.2) is 56.1 Å². The number of carbonyl (C=O) groups excluding carboxylic acids is 1. The molecule has 0 unspecified atom stereocenters. The normalized spacial score (nSPS) is 21.1. The van der Waals surface area contributed by atoms with Crippen LogP contribution in [0.3, 0.4) is 0 Å². The smallest absolute Gasteiger partial charge is 0.225 e. The number of H-pyrrole nitrogens is 1. The summed E-state index contributed by atoms with van der Waals surface area (Å²) in [6.45, 7) is 1.36. The lowest BCUT2D eigenvalue weighted by Gasteiger charge is -2.35. The van der Waals surface area contributed by atoms with E-state index in [-0.39, 0.29) is 24.0 Å². The van der Waals surface area contributed by atoms with E-state index < -0.39 is 0 Å². The van der Waals surface area contributed by atoms with Gasteiger partial charge >= 0.3 is 0 Å². The number of thiophene rings is 1. The SMILES string of the molecule is O=C(C1CCC(Nc2nccc(-c3c[nH]c4cccc(-c5ccsc5)c34)n2)CC1)N1CCC(O)CC1. The molecule has 36 heavy (non-hydrogen) atoms. The van der Waals surface area contributed by atoms with E-state index in [1.54, 1.807) is 11.3 Å². The molecule has 0 atom stereocenters. The van der Waals surface area contributed by atoms with E-state index in [2.05, 4.69) is 50.3 Å². The molecule has 1 amide bonds. The van der Waals surface area contributed by atoms with Crippen LogP contribution in [-0.2, 0) is 4.79 Å². The monoisotopic (exact) mass is 501 g/mol. The zero-order valence-electron chi connectivity index (χ0n) is 20.2. The third-order valence-corrected chi connectivity index (χ3v) is 8.34. The van der Waals surface area contributed by atoms with Gasteiger partial charge in [0.2, 0.25) is 11.9 Å². The number of aliphatic hydroxyl groups excluding tert-OH is 1. The van der Waals surface area contributed by atoms with Gasteiger partial charge in [-0.25, -0.2) is 9.97 Å². The number of aliphatic hydroxyl groups is 1. The van der Waals surface area contributed by atoms with Crippen molar-refractivity contribution in [3.8, 4) is 22.4 Å². The molecule has 3 aromatic heterocycles. The van der Waals surface area contributed by atoms with Gasteiger partial charge in [-0.3, -0.25) is 4.79 Å². The van der Waals surface area contributed by atoms with Crippen LogP contribution in [0.5, 0.6) is 0 Å². The van der Waals surface area contributed by atoms with Gasteiger partial charge in [-0.05, 0) is 78.6 Å². The first-order valence-electron chi connectivity index (χ1n) is 12.8. The van der Waals surface area contributed by atoms with Gasteiger partial charge in [0.15, 0.2) is 0 Å². The predicted molar refractivity (Wildman–Crippen MR) is 144 cm³/mol. The Morgan fingerprint density at radius 1 is 1.06 bits per heavy atom. The first-order valence-corrected chi connectivity index (χ1v) is 13.8. The summed E-state index contributed by atoms with van der Waals surface area (Å²) in [5, 5.41) is 18.7. The minimum Gasteiger partial charge on any atom is -0.393 e. The molecule has 186 valence electrons. The van der Waals surface area contributed by atoms with Gasteiger partial charge in [0.05, 0.1) is 11.8 Å². The van der Waals surface area contributed by atoms with E-state index in [4.69, 9.17) is 4.98 Å². The van der Waals surface area contributed by atoms with Crippen LogP contribution in [0.4, 0.5) is 5.95 Å². The zero-order valence-corrected chi connectivity index (χ0v) is 21.0. The maximum absolute atomic E-state index is 12.9. The Morgan fingerprint density at radius 3 is 2.67 bits per heavy atom. The number of aromatic amines is 1. The van der Waals surface area contributed by atoms with Crippen molar-refractivity contribution in [2.75, 3.05) is 18.4 Å². The van der Waals surface area contributed by atoms with Gasteiger partial charge in [-0.1, -0.05) is 12.1 Å². The lowest BCUT2D eigenvalue weighted by Crippen LogP contribution is -2.44. The number of carbonyl (C=O) groups is 1. The fourth-order valence-corrected chi connectivity index (χ4v) is 6.29. The van der Waals surface area contributed by atoms with E-state index in [9.17, 15) is 9.90 Å². The zero-order chi connectivity index (χ0) is 24.5. The number of benzene rings is 1. The second-order valence-electron chi connectivity index (χ2n) is 9.96. The van der Waals surface area contributed by atoms with Crippen molar-refractivity contribution in [3.63, 3.8) is 0 Å². The van der Waals surface area contributed by atoms with Crippen molar-refractivity contribution in [2.24, 2.45) is 5.92 Å². The number of nitrogens with one attached hydrogen (secondary N) is 2. The van der Waals surface area contributed by atoms with E-state index in [1.165, 1.54) is 16.5 Å². The highest BCUT2D eigenvalue weighted by molar-refractivity contribution is 7.08. The van der Waals surface area contributed by atoms with Crippen LogP contribution in [0, 0.1) is 5.92 Å². The summed E-state index contributed by atoms with van der Waals surface area (Å²) in [7, 11) is 0. The first kappa shape index (κ1) is 23.2. The summed E-state index contributed by atoms with van der Waals surface area (Å²) < 4.78 is 0. The molecular weight excluding hydrogens is 470 g/mol. The average molecular weight is 502 g/mol. The molecule has 3 N–H and O–H groups in total. The molecule has 8 heteroatoms. The summed E-state index contributed by atoms with van der Waals surface area (Å²) in [6.07, 6.45) is 8.59. The number of anilines is 1. The van der Waals surface area contributed by atoms with Crippen LogP contribution in [0.15, 0.2) is 53.5 Å². The molecule has 4 heterocycles. The largest absolute Gasteiger partial charge is 0.393 e. The standard InChI is InChI=1S/C28H31N5O2S/c34-21-9-13-33(14-10-21)27(35)18-4-6-20(7-5-18)31-28-29-12-8-24(32-28)23-16-30-25-3-1-2-22(26(23)25)19-11-15-36-17-19/h1-3,8,11-12,15-18,20-21,30,34H,4-7,9-10,13-14H2,(H,29,31,32). The number of likely N-dealkylation sites (tertiary alicyclic amines) is 1. The molecule has 2 fully saturated rings. The maximum atomic E-state index is 12.9. The van der Waals surface area contributed by atoms with E-state index in [0.29, 0.717) is 31.9 Å². The number of nitrogens with zero attached hydrogens (tertiary/aromatic N) is 3. The minimum absolute atomic E-state index is 0.0901. The number of hydrogen-bond donors (Lipinski definition) is 3. The highest BCUT2D eigenvalue weighted by atomic mass is 32.1. The molecule has 4 aromatic rings. The van der Waals surface area contributed by atoms with E-state index in [0.717, 1.165) is 42.5 Å². The summed E-state index contributed by atoms with van der Waals surface area (Å²) >= 11 is 1.70. The number of piperidine rings is 1. The molecule has 2 aliphatic rings. The van der Waals surface area contributed by atoms with Crippen molar-refractivity contribution in [1.29, 1.82) is 0 Å². The van der Waals surface area contributed by atoms with Crippen LogP contribution < -0.4 is 5.32 Å². The Kier molecular flexibility index (Phi) is 6.46. The van der Waals surface area contributed by atoms with Crippen molar-refractivity contribution >= 4 is 34.1 Å². The molecule has 0 bridgehead atoms. The molecule has 1 aliphatic heterocycles. The lowest BCUT2D eigenvalue weighted by molar-refractivity contribution is -0.138. The molecule has 1 saturated carbocycles. The van der Waals surface area contributed by atoms with Crippen LogP contribution in [0.1, 0.15) is 38.5 Å². The highest BCUT2D eigenvalue weighted by Crippen LogP contribution is 2.37. The number of aromatic nitrogens is 3. The van der Waals surface area contributed by atoms with Crippen LogP contribution >= 0.6 is 11.3 Å². The summed E-state index contributed by atoms with van der Waals surface area (Å²) in [5.41, 5.74) is 5.46. The Bertz CT molecular complexity index is 1340. The first-order chi connectivity index (χ1) is 17.7. The number of rotatable bonds is 5. The highest BCUT2D eigenvalue weighted by Gasteiger charge is 2.31. The van der Waals surface area contributed by atoms with Gasteiger partial charge in [0.25, 0.3) is 0 Å². The quantitative estimate of drug-likeness (QED) is 0.345. The van der Waals surface area contributed by atoms with Gasteiger partial charge in [-0.15, -0.1) is 0 Å². The molecule has 6 rings (SSSR count). The van der Waals surface area contributed by atoms with Crippen LogP contribution in [0.2, 0.25) is 0 Å². The van der Waals surface area contributed by atoms with E-state index in [1.807, 2.05) is 23.4 Å². The summed E-state index contributed by atoms with van der Waals surface area (Å²) in [6, 6.07) is 10.7. The molecule has 0 spiro atoms. The fraction of sp³-hybridized carbons (Fsp3) is 0.393. The second-order valence-corrected chi connectivity index (χ2v) is 10.7. The van der Waals surface area contributed by atoms with Gasteiger partial charge in [-0.2, -0.15) is 11.3 Å². The van der Waals surface area contributed by atoms with Gasteiger partial charge in [0, 0.05) is 53.9 Å². The lowest BCUT2D eigenvalue weighted by atomic mass is 9.85. The van der Waals surface area contributed by atoms with Gasteiger partial charge in [0.1, 0.15) is 0 Å². The fourth-order valence-electron chi connectivity index (χ4n) is 5.64. The third-order valence-electron chi connectivity index (χ3n) is 7.66. The second kappa shape index (κ2) is 10.0. The number of amides is 1. The molecule has 1 aromatic carbocycles. The molecule has 7 nitrogen and oxygen atoms in total. The molecular formula is C28H31N5O2S. The third kappa shape index (κ3) is 4.63. The number of fused-ring (bicyclic) bond motifs is 1. The Hall–Kier alpha value is -3.23. The molecule has 1 aliphatic carbocycles. The maximum Gasteiger partial charge on any atom is 0.225 e. The van der Waals surface area contributed by atoms with Crippen molar-refractivity contribution in [3.05, 3.63) is 53.5 Å². The Morgan fingerprint density at radius 2 is 1.89 bits per heavy atom. The van der Waals surface area contributed by atoms with Gasteiger partial charge < -0.3 is 20.3 Å². The summed E-state index contributed by atoms with van der Waals surface area (Å²) in [5.74, 6) is 0.987. The van der Waals surface area contributed by atoms with Crippen LogP contribution in [0.25, 0.3) is 33.3 Å². The van der Waals surface area contributed by atoms with Crippen molar-refractivity contribution in [2.45, 2.75) is 50.7 Å². The van der Waals surface area contributed by atoms with E-state index >= 15 is 0 Å². The Balaban J connectivity index is 1.15. The molecule has 0 radical (unpaired) electrons. The average Bonchev–Trinajstić information content (AvgIpc) is 3.60. The summed E-state index contributed by atoms with van der Waals surface area (Å²) in [4.78, 5) is 27.7.